The fourth-order valence-corrected chi connectivity index (χ4v) is 4.03. The zero-order chi connectivity index (χ0) is 24.0. The van der Waals surface area contributed by atoms with E-state index in [1.165, 1.54) is 29.2 Å². The van der Waals surface area contributed by atoms with Gasteiger partial charge in [0.05, 0.1) is 17.2 Å². The Bertz CT molecular complexity index is 1150. The Morgan fingerprint density at radius 1 is 0.818 bits per heavy atom. The lowest BCUT2D eigenvalue weighted by Gasteiger charge is -2.38. The van der Waals surface area contributed by atoms with Crippen molar-refractivity contribution in [2.75, 3.05) is 6.54 Å². The molecule has 0 radical (unpaired) electrons. The van der Waals surface area contributed by atoms with Crippen LogP contribution in [0.25, 0.3) is 0 Å². The molecule has 0 bridgehead atoms. The second-order valence-corrected chi connectivity index (χ2v) is 7.70. The van der Waals surface area contributed by atoms with Crippen LogP contribution in [0.4, 0.5) is 30.7 Å². The molecule has 33 heavy (non-hydrogen) atoms. The fraction of sp³-hybridized carbons (Fsp3) is 0.208. The van der Waals surface area contributed by atoms with E-state index in [2.05, 4.69) is 0 Å². The fourth-order valence-electron chi connectivity index (χ4n) is 4.03. The molecule has 9 heteroatoms. The van der Waals surface area contributed by atoms with Crippen molar-refractivity contribution in [2.24, 2.45) is 0 Å². The third kappa shape index (κ3) is 4.58. The number of benzene rings is 3. The van der Waals surface area contributed by atoms with Crippen LogP contribution in [0.2, 0.25) is 0 Å². The predicted molar refractivity (Wildman–Crippen MR) is 106 cm³/mol. The first-order chi connectivity index (χ1) is 15.4. The van der Waals surface area contributed by atoms with Crippen molar-refractivity contribution in [2.45, 2.75) is 24.8 Å². The van der Waals surface area contributed by atoms with Crippen LogP contribution in [0.5, 0.6) is 0 Å². The van der Waals surface area contributed by atoms with Gasteiger partial charge in [0.1, 0.15) is 5.82 Å². The summed E-state index contributed by atoms with van der Waals surface area (Å²) in [5, 5.41) is 0. The Morgan fingerprint density at radius 2 is 1.39 bits per heavy atom. The van der Waals surface area contributed by atoms with Crippen LogP contribution in [0.1, 0.15) is 44.2 Å². The van der Waals surface area contributed by atoms with Gasteiger partial charge in [0, 0.05) is 12.1 Å². The van der Waals surface area contributed by atoms with Gasteiger partial charge in [0.25, 0.3) is 5.91 Å². The number of amides is 1. The Kier molecular flexibility index (Phi) is 5.67. The summed E-state index contributed by atoms with van der Waals surface area (Å²) < 4.78 is 93.2. The van der Waals surface area contributed by atoms with Crippen molar-refractivity contribution < 1.29 is 35.5 Å². The van der Waals surface area contributed by atoms with Crippen LogP contribution in [0, 0.1) is 5.82 Å². The second-order valence-electron chi connectivity index (χ2n) is 7.70. The highest BCUT2D eigenvalue weighted by Crippen LogP contribution is 2.39. The SMILES string of the molecule is O=C(c1cc(C(F)(F)F)cc(C(F)(F)F)c1)N1CCc2ccccc2[C@@H]1c1ccc(F)cc1. The van der Waals surface area contributed by atoms with Crippen LogP contribution < -0.4 is 0 Å². The molecule has 1 aliphatic heterocycles. The molecule has 1 amide bonds. The minimum Gasteiger partial charge on any atom is -0.327 e. The van der Waals surface area contributed by atoms with Gasteiger partial charge in [-0.3, -0.25) is 4.79 Å². The molecular formula is C24H16F7NO. The smallest absolute Gasteiger partial charge is 0.327 e. The summed E-state index contributed by atoms with van der Waals surface area (Å²) in [5.74, 6) is -1.50. The van der Waals surface area contributed by atoms with Crippen LogP contribution in [-0.2, 0) is 18.8 Å². The molecule has 0 N–H and O–H groups in total. The number of halogens is 7. The molecule has 4 rings (SSSR count). The summed E-state index contributed by atoms with van der Waals surface area (Å²) >= 11 is 0. The summed E-state index contributed by atoms with van der Waals surface area (Å²) in [7, 11) is 0. The lowest BCUT2D eigenvalue weighted by atomic mass is 9.87. The van der Waals surface area contributed by atoms with Crippen molar-refractivity contribution in [3.63, 3.8) is 0 Å². The average molecular weight is 467 g/mol. The van der Waals surface area contributed by atoms with Crippen LogP contribution in [-0.4, -0.2) is 17.4 Å². The topological polar surface area (TPSA) is 20.3 Å². The Balaban J connectivity index is 1.83. The van der Waals surface area contributed by atoms with Crippen molar-refractivity contribution in [1.29, 1.82) is 0 Å². The van der Waals surface area contributed by atoms with Crippen molar-refractivity contribution in [3.05, 3.63) is 106 Å². The lowest BCUT2D eigenvalue weighted by Crippen LogP contribution is -2.40. The molecule has 0 saturated carbocycles. The van der Waals surface area contributed by atoms with Gasteiger partial charge in [0.15, 0.2) is 0 Å². The quantitative estimate of drug-likeness (QED) is 0.387. The van der Waals surface area contributed by atoms with E-state index in [0.717, 1.165) is 5.56 Å². The van der Waals surface area contributed by atoms with E-state index in [9.17, 15) is 35.5 Å². The molecule has 0 saturated heterocycles. The molecular weight excluding hydrogens is 451 g/mol. The number of fused-ring (bicyclic) bond motifs is 1. The average Bonchev–Trinajstić information content (AvgIpc) is 2.77. The Hall–Kier alpha value is -3.36. The third-order valence-electron chi connectivity index (χ3n) is 5.56. The standard InChI is InChI=1S/C24H16F7NO/c25-19-7-5-15(6-8-19)21-20-4-2-1-3-14(20)9-10-32(21)22(33)16-11-17(23(26,27)28)13-18(12-16)24(29,30)31/h1-8,11-13,21H,9-10H2/t21-/m0/s1. The molecule has 0 unspecified atom stereocenters. The van der Waals surface area contributed by atoms with E-state index >= 15 is 0 Å². The van der Waals surface area contributed by atoms with Crippen LogP contribution in [0.3, 0.4) is 0 Å². The molecule has 0 aliphatic carbocycles. The molecule has 0 spiro atoms. The maximum atomic E-state index is 13.5. The molecule has 3 aromatic rings. The third-order valence-corrected chi connectivity index (χ3v) is 5.56. The molecule has 1 heterocycles. The van der Waals surface area contributed by atoms with E-state index in [1.807, 2.05) is 6.07 Å². The van der Waals surface area contributed by atoms with Crippen LogP contribution in [0.15, 0.2) is 66.7 Å². The minimum absolute atomic E-state index is 0.0141. The highest BCUT2D eigenvalue weighted by Gasteiger charge is 2.39. The first-order valence-electron chi connectivity index (χ1n) is 9.89. The van der Waals surface area contributed by atoms with Gasteiger partial charge in [-0.25, -0.2) is 4.39 Å². The van der Waals surface area contributed by atoms with E-state index in [4.69, 9.17) is 0 Å². The molecule has 172 valence electrons. The van der Waals surface area contributed by atoms with E-state index in [0.29, 0.717) is 29.7 Å². The summed E-state index contributed by atoms with van der Waals surface area (Å²) in [5.41, 5.74) is -1.79. The van der Waals surface area contributed by atoms with Crippen molar-refractivity contribution >= 4 is 5.91 Å². The van der Waals surface area contributed by atoms with Gasteiger partial charge in [-0.1, -0.05) is 36.4 Å². The summed E-state index contributed by atoms with van der Waals surface area (Å²) in [4.78, 5) is 14.6. The van der Waals surface area contributed by atoms with Gasteiger partial charge < -0.3 is 4.90 Å². The van der Waals surface area contributed by atoms with E-state index in [-0.39, 0.29) is 12.6 Å². The number of rotatable bonds is 2. The number of nitrogens with zero attached hydrogens (tertiary/aromatic N) is 1. The first-order valence-corrected chi connectivity index (χ1v) is 9.89. The van der Waals surface area contributed by atoms with Gasteiger partial charge in [0.2, 0.25) is 0 Å². The highest BCUT2D eigenvalue weighted by molar-refractivity contribution is 5.95. The van der Waals surface area contributed by atoms with E-state index < -0.39 is 46.8 Å². The number of hydrogen-bond acceptors (Lipinski definition) is 1. The highest BCUT2D eigenvalue weighted by atomic mass is 19.4. The van der Waals surface area contributed by atoms with Gasteiger partial charge in [-0.2, -0.15) is 26.3 Å². The monoisotopic (exact) mass is 467 g/mol. The molecule has 1 aliphatic rings. The lowest BCUT2D eigenvalue weighted by molar-refractivity contribution is -0.143. The maximum absolute atomic E-state index is 13.5. The molecule has 0 fully saturated rings. The largest absolute Gasteiger partial charge is 0.416 e. The second kappa shape index (κ2) is 8.20. The normalized spacial score (nSPS) is 16.5. The Morgan fingerprint density at radius 3 is 1.97 bits per heavy atom. The zero-order valence-electron chi connectivity index (χ0n) is 16.8. The van der Waals surface area contributed by atoms with Crippen molar-refractivity contribution in [3.8, 4) is 0 Å². The number of hydrogen-bond donors (Lipinski definition) is 0. The predicted octanol–water partition coefficient (Wildman–Crippen LogP) is 6.65. The maximum Gasteiger partial charge on any atom is 0.416 e. The molecule has 0 aromatic heterocycles. The summed E-state index contributed by atoms with van der Waals surface area (Å²) in [6.45, 7) is 0.0650. The minimum atomic E-state index is -5.07. The molecule has 2 nitrogen and oxygen atoms in total. The first kappa shape index (κ1) is 22.8. The van der Waals surface area contributed by atoms with Gasteiger partial charge in [-0.15, -0.1) is 0 Å². The Labute approximate surface area is 184 Å². The summed E-state index contributed by atoms with van der Waals surface area (Å²) in [6, 6.07) is 12.4. The van der Waals surface area contributed by atoms with Gasteiger partial charge in [-0.05, 0) is 53.4 Å². The molecule has 3 aromatic carbocycles. The zero-order valence-corrected chi connectivity index (χ0v) is 16.8. The number of carbonyl (C=O) groups is 1. The number of alkyl halides is 6. The van der Waals surface area contributed by atoms with Crippen LogP contribution >= 0.6 is 0 Å². The van der Waals surface area contributed by atoms with Gasteiger partial charge >= 0.3 is 12.4 Å². The summed E-state index contributed by atoms with van der Waals surface area (Å²) in [6.07, 6.45) is -9.77. The number of carbonyl (C=O) groups excluding carboxylic acids is 1. The molecule has 1 atom stereocenters. The van der Waals surface area contributed by atoms with E-state index in [1.54, 1.807) is 18.2 Å². The van der Waals surface area contributed by atoms with Crippen molar-refractivity contribution in [1.82, 2.24) is 4.90 Å².